The molecule has 0 atom stereocenters. The number of halogens is 2. The van der Waals surface area contributed by atoms with Gasteiger partial charge in [0.2, 0.25) is 0 Å². The van der Waals surface area contributed by atoms with Crippen LogP contribution in [0.2, 0.25) is 0 Å². The lowest BCUT2D eigenvalue weighted by Crippen LogP contribution is -2.00. The number of nitrogens with one attached hydrogen (secondary N) is 1. The fourth-order valence-electron chi connectivity index (χ4n) is 2.14. The zero-order valence-electron chi connectivity index (χ0n) is 11.3. The normalized spacial score (nSPS) is 10.4. The average molecular weight is 357 g/mol. The minimum absolute atomic E-state index is 0.248. The molecule has 0 amide bonds. The first kappa shape index (κ1) is 14.3. The highest BCUT2D eigenvalue weighted by molar-refractivity contribution is 9.10. The van der Waals surface area contributed by atoms with Crippen LogP contribution in [0.5, 0.6) is 0 Å². The first-order valence-corrected chi connectivity index (χ1v) is 7.18. The molecule has 4 nitrogen and oxygen atoms in total. The third-order valence-corrected chi connectivity index (χ3v) is 3.71. The second-order valence-corrected chi connectivity index (χ2v) is 5.60. The summed E-state index contributed by atoms with van der Waals surface area (Å²) in [5.74, 6) is -0.515. The average Bonchev–Trinajstić information content (AvgIpc) is 2.51. The molecule has 22 heavy (non-hydrogen) atoms. The minimum Gasteiger partial charge on any atom is -0.396 e. The number of benzene rings is 2. The number of rotatable bonds is 2. The smallest absolute Gasteiger partial charge is 0.147 e. The predicted octanol–water partition coefficient (Wildman–Crippen LogP) is 4.33. The van der Waals surface area contributed by atoms with Gasteiger partial charge in [-0.15, -0.1) is 0 Å². The number of anilines is 3. The summed E-state index contributed by atoms with van der Waals surface area (Å²) in [5, 5.41) is 12.6. The zero-order valence-corrected chi connectivity index (χ0v) is 12.9. The summed E-state index contributed by atoms with van der Waals surface area (Å²) in [6.07, 6.45) is 1.53. The molecule has 0 saturated carbocycles. The van der Waals surface area contributed by atoms with Crippen molar-refractivity contribution in [2.75, 3.05) is 11.1 Å². The van der Waals surface area contributed by atoms with Gasteiger partial charge in [0.15, 0.2) is 0 Å². The van der Waals surface area contributed by atoms with Crippen molar-refractivity contribution >= 4 is 43.9 Å². The standard InChI is InChI=1S/C16H10BrFN4/c17-10-2-4-14-11(6-10)16(13(20)8-21-14)22-15-3-1-9(7-19)5-12(15)18/h1-6,8H,20H2,(H,21,22). The lowest BCUT2D eigenvalue weighted by Gasteiger charge is -2.13. The fourth-order valence-corrected chi connectivity index (χ4v) is 2.50. The number of nitrogen functional groups attached to an aromatic ring is 1. The van der Waals surface area contributed by atoms with Crippen LogP contribution in [0.3, 0.4) is 0 Å². The van der Waals surface area contributed by atoms with E-state index in [1.165, 1.54) is 18.3 Å². The molecule has 0 bridgehead atoms. The summed E-state index contributed by atoms with van der Waals surface area (Å²) >= 11 is 3.40. The summed E-state index contributed by atoms with van der Waals surface area (Å²) in [6.45, 7) is 0. The lowest BCUT2D eigenvalue weighted by atomic mass is 10.1. The summed E-state index contributed by atoms with van der Waals surface area (Å²) in [4.78, 5) is 4.25. The Labute approximate surface area is 134 Å². The molecule has 1 heterocycles. The van der Waals surface area contributed by atoms with Crippen LogP contribution in [0.25, 0.3) is 10.9 Å². The van der Waals surface area contributed by atoms with E-state index in [0.29, 0.717) is 11.4 Å². The van der Waals surface area contributed by atoms with Gasteiger partial charge in [0.1, 0.15) is 5.82 Å². The van der Waals surface area contributed by atoms with Crippen LogP contribution in [-0.4, -0.2) is 4.98 Å². The van der Waals surface area contributed by atoms with E-state index in [-0.39, 0.29) is 11.3 Å². The van der Waals surface area contributed by atoms with E-state index in [4.69, 9.17) is 11.0 Å². The second-order valence-electron chi connectivity index (χ2n) is 4.68. The Hall–Kier alpha value is -2.65. The third kappa shape index (κ3) is 2.59. The van der Waals surface area contributed by atoms with E-state index in [9.17, 15) is 4.39 Å². The Morgan fingerprint density at radius 1 is 1.23 bits per heavy atom. The van der Waals surface area contributed by atoms with Crippen LogP contribution in [-0.2, 0) is 0 Å². The highest BCUT2D eigenvalue weighted by Gasteiger charge is 2.10. The maximum absolute atomic E-state index is 14.1. The maximum atomic E-state index is 14.1. The molecule has 108 valence electrons. The molecule has 2 aromatic carbocycles. The van der Waals surface area contributed by atoms with Gasteiger partial charge in [-0.3, -0.25) is 4.98 Å². The molecule has 3 aromatic rings. The summed E-state index contributed by atoms with van der Waals surface area (Å²) in [5.41, 5.74) is 8.22. The number of pyridine rings is 1. The van der Waals surface area contributed by atoms with Crippen molar-refractivity contribution in [2.45, 2.75) is 0 Å². The predicted molar refractivity (Wildman–Crippen MR) is 88.3 cm³/mol. The van der Waals surface area contributed by atoms with Crippen molar-refractivity contribution in [1.82, 2.24) is 4.98 Å². The van der Waals surface area contributed by atoms with Crippen molar-refractivity contribution in [1.29, 1.82) is 5.26 Å². The van der Waals surface area contributed by atoms with Crippen LogP contribution in [0.1, 0.15) is 5.56 Å². The molecule has 0 unspecified atom stereocenters. The second kappa shape index (κ2) is 5.62. The monoisotopic (exact) mass is 356 g/mol. The van der Waals surface area contributed by atoms with E-state index in [0.717, 1.165) is 15.4 Å². The molecule has 0 aliphatic carbocycles. The Morgan fingerprint density at radius 3 is 2.77 bits per heavy atom. The Kier molecular flexibility index (Phi) is 3.65. The van der Waals surface area contributed by atoms with E-state index < -0.39 is 5.82 Å². The van der Waals surface area contributed by atoms with Gasteiger partial charge in [0.25, 0.3) is 0 Å². The molecule has 1 aromatic heterocycles. The Morgan fingerprint density at radius 2 is 2.05 bits per heavy atom. The van der Waals surface area contributed by atoms with Crippen LogP contribution in [0.15, 0.2) is 47.1 Å². The Balaban J connectivity index is 2.13. The number of hydrogen-bond donors (Lipinski definition) is 2. The molecular formula is C16H10BrFN4. The minimum atomic E-state index is -0.515. The largest absolute Gasteiger partial charge is 0.396 e. The molecule has 3 rings (SSSR count). The summed E-state index contributed by atoms with van der Waals surface area (Å²) in [6, 6.07) is 11.7. The van der Waals surface area contributed by atoms with Crippen LogP contribution < -0.4 is 11.1 Å². The van der Waals surface area contributed by atoms with Gasteiger partial charge in [0.05, 0.1) is 40.4 Å². The molecular weight excluding hydrogens is 347 g/mol. The molecule has 3 N–H and O–H groups in total. The van der Waals surface area contributed by atoms with Crippen LogP contribution in [0.4, 0.5) is 21.5 Å². The first-order chi connectivity index (χ1) is 10.6. The zero-order chi connectivity index (χ0) is 15.7. The topological polar surface area (TPSA) is 74.7 Å². The van der Waals surface area contributed by atoms with Gasteiger partial charge in [-0.1, -0.05) is 15.9 Å². The molecule has 0 aliphatic heterocycles. The molecule has 0 radical (unpaired) electrons. The van der Waals surface area contributed by atoms with Crippen molar-refractivity contribution in [3.63, 3.8) is 0 Å². The highest BCUT2D eigenvalue weighted by atomic mass is 79.9. The molecule has 0 fully saturated rings. The van der Waals surface area contributed by atoms with Crippen LogP contribution in [0, 0.1) is 17.1 Å². The number of nitriles is 1. The maximum Gasteiger partial charge on any atom is 0.147 e. The van der Waals surface area contributed by atoms with Crippen molar-refractivity contribution in [3.8, 4) is 6.07 Å². The highest BCUT2D eigenvalue weighted by Crippen LogP contribution is 2.33. The van der Waals surface area contributed by atoms with Crippen molar-refractivity contribution in [3.05, 3.63) is 58.4 Å². The molecule has 6 heteroatoms. The quantitative estimate of drug-likeness (QED) is 0.716. The van der Waals surface area contributed by atoms with Gasteiger partial charge in [-0.2, -0.15) is 5.26 Å². The van der Waals surface area contributed by atoms with Crippen molar-refractivity contribution in [2.24, 2.45) is 0 Å². The SMILES string of the molecule is N#Cc1ccc(Nc2c(N)cnc3ccc(Br)cc23)c(F)c1. The first-order valence-electron chi connectivity index (χ1n) is 6.39. The number of aromatic nitrogens is 1. The molecule has 0 spiro atoms. The number of nitrogens with two attached hydrogens (primary N) is 1. The Bertz CT molecular complexity index is 913. The van der Waals surface area contributed by atoms with Gasteiger partial charge >= 0.3 is 0 Å². The lowest BCUT2D eigenvalue weighted by molar-refractivity contribution is 0.631. The fraction of sp³-hybridized carbons (Fsp3) is 0. The van der Waals surface area contributed by atoms with Gasteiger partial charge < -0.3 is 11.1 Å². The molecule has 0 aliphatic rings. The van der Waals surface area contributed by atoms with Gasteiger partial charge in [0, 0.05) is 9.86 Å². The van der Waals surface area contributed by atoms with E-state index in [1.54, 1.807) is 6.07 Å². The number of hydrogen-bond acceptors (Lipinski definition) is 4. The number of nitrogens with zero attached hydrogens (tertiary/aromatic N) is 2. The van der Waals surface area contributed by atoms with E-state index >= 15 is 0 Å². The van der Waals surface area contributed by atoms with Gasteiger partial charge in [-0.05, 0) is 36.4 Å². The number of fused-ring (bicyclic) bond motifs is 1. The van der Waals surface area contributed by atoms with Crippen molar-refractivity contribution < 1.29 is 4.39 Å². The third-order valence-electron chi connectivity index (χ3n) is 3.22. The van der Waals surface area contributed by atoms with E-state index in [1.807, 2.05) is 24.3 Å². The van der Waals surface area contributed by atoms with Gasteiger partial charge in [-0.25, -0.2) is 4.39 Å². The van der Waals surface area contributed by atoms with E-state index in [2.05, 4.69) is 26.2 Å². The summed E-state index contributed by atoms with van der Waals surface area (Å²) in [7, 11) is 0. The summed E-state index contributed by atoms with van der Waals surface area (Å²) < 4.78 is 14.9. The van der Waals surface area contributed by atoms with Crippen LogP contribution >= 0.6 is 15.9 Å². The molecule has 0 saturated heterocycles.